The van der Waals surface area contributed by atoms with Gasteiger partial charge >= 0.3 is 0 Å². The van der Waals surface area contributed by atoms with E-state index in [4.69, 9.17) is 9.47 Å². The molecule has 3 aromatic rings. The standard InChI is InChI=1S/C20H23N5O3S/c1-27-16-10-15(11-17(12-16)28-2)21-18(26)14-6-5-9-25(13-14)20-23-22-19(29-20)24-7-3-4-8-24/h3-4,7-8,10-12,14H,5-6,9,13H2,1-2H3,(H,21,26)/t14-/m1/s1. The van der Waals surface area contributed by atoms with Crippen LogP contribution in [0.1, 0.15) is 12.8 Å². The predicted octanol–water partition coefficient (Wildman–Crippen LogP) is 3.20. The molecule has 1 N–H and O–H groups in total. The number of hydrogen-bond acceptors (Lipinski definition) is 7. The predicted molar refractivity (Wildman–Crippen MR) is 112 cm³/mol. The third-order valence-electron chi connectivity index (χ3n) is 4.91. The van der Waals surface area contributed by atoms with Gasteiger partial charge in [-0.05, 0) is 25.0 Å². The molecule has 1 aliphatic heterocycles. The van der Waals surface area contributed by atoms with Crippen LogP contribution >= 0.6 is 11.3 Å². The van der Waals surface area contributed by atoms with Gasteiger partial charge in [0.1, 0.15) is 11.5 Å². The van der Waals surface area contributed by atoms with E-state index in [0.29, 0.717) is 23.7 Å². The van der Waals surface area contributed by atoms with Gasteiger partial charge in [-0.3, -0.25) is 9.36 Å². The maximum absolute atomic E-state index is 12.9. The number of amides is 1. The Morgan fingerprint density at radius 1 is 1.10 bits per heavy atom. The monoisotopic (exact) mass is 413 g/mol. The van der Waals surface area contributed by atoms with Crippen molar-refractivity contribution in [3.63, 3.8) is 0 Å². The summed E-state index contributed by atoms with van der Waals surface area (Å²) in [5, 5.41) is 13.3. The maximum atomic E-state index is 12.9. The Morgan fingerprint density at radius 2 is 1.79 bits per heavy atom. The number of nitrogens with zero attached hydrogens (tertiary/aromatic N) is 4. The number of rotatable bonds is 6. The number of nitrogens with one attached hydrogen (secondary N) is 1. The molecular formula is C20H23N5O3S. The Morgan fingerprint density at radius 3 is 2.48 bits per heavy atom. The Hall–Kier alpha value is -3.07. The molecule has 0 spiro atoms. The second-order valence-corrected chi connectivity index (χ2v) is 7.77. The third-order valence-corrected chi connectivity index (χ3v) is 5.91. The van der Waals surface area contributed by atoms with Crippen LogP contribution in [0.15, 0.2) is 42.7 Å². The molecule has 1 atom stereocenters. The molecule has 9 heteroatoms. The van der Waals surface area contributed by atoms with E-state index < -0.39 is 0 Å². The lowest BCUT2D eigenvalue weighted by molar-refractivity contribution is -0.120. The molecule has 0 aliphatic carbocycles. The van der Waals surface area contributed by atoms with Crippen molar-refractivity contribution in [3.8, 4) is 16.6 Å². The number of piperidine rings is 1. The fraction of sp³-hybridized carbons (Fsp3) is 0.350. The number of carbonyl (C=O) groups excluding carboxylic acids is 1. The van der Waals surface area contributed by atoms with E-state index in [1.807, 2.05) is 29.1 Å². The average Bonchev–Trinajstić information content (AvgIpc) is 3.45. The van der Waals surface area contributed by atoms with E-state index in [1.54, 1.807) is 32.4 Å². The van der Waals surface area contributed by atoms with Crippen LogP contribution in [0.3, 0.4) is 0 Å². The Balaban J connectivity index is 1.44. The molecule has 2 aromatic heterocycles. The first-order valence-electron chi connectivity index (χ1n) is 9.42. The highest BCUT2D eigenvalue weighted by Gasteiger charge is 2.28. The molecule has 152 valence electrons. The number of ether oxygens (including phenoxy) is 2. The molecule has 0 unspecified atom stereocenters. The van der Waals surface area contributed by atoms with Gasteiger partial charge in [0.2, 0.25) is 16.2 Å². The van der Waals surface area contributed by atoms with Gasteiger partial charge in [0.15, 0.2) is 0 Å². The minimum atomic E-state index is -0.125. The van der Waals surface area contributed by atoms with Crippen molar-refractivity contribution in [2.45, 2.75) is 12.8 Å². The maximum Gasteiger partial charge on any atom is 0.229 e. The molecule has 29 heavy (non-hydrogen) atoms. The smallest absolute Gasteiger partial charge is 0.229 e. The highest BCUT2D eigenvalue weighted by atomic mass is 32.1. The molecule has 1 aromatic carbocycles. The van der Waals surface area contributed by atoms with Gasteiger partial charge in [-0.2, -0.15) is 0 Å². The van der Waals surface area contributed by atoms with Gasteiger partial charge in [0, 0.05) is 49.4 Å². The highest BCUT2D eigenvalue weighted by Crippen LogP contribution is 2.30. The van der Waals surface area contributed by atoms with Crippen LogP contribution in [-0.4, -0.2) is 48.0 Å². The summed E-state index contributed by atoms with van der Waals surface area (Å²) in [4.78, 5) is 15.0. The van der Waals surface area contributed by atoms with E-state index in [1.165, 1.54) is 11.3 Å². The van der Waals surface area contributed by atoms with Crippen molar-refractivity contribution in [2.24, 2.45) is 5.92 Å². The zero-order chi connectivity index (χ0) is 20.2. The van der Waals surface area contributed by atoms with Crippen LogP contribution in [0.25, 0.3) is 5.13 Å². The molecule has 0 bridgehead atoms. The topological polar surface area (TPSA) is 81.5 Å². The number of anilines is 2. The van der Waals surface area contributed by atoms with E-state index >= 15 is 0 Å². The Labute approximate surface area is 173 Å². The van der Waals surface area contributed by atoms with Crippen molar-refractivity contribution in [1.29, 1.82) is 0 Å². The zero-order valence-electron chi connectivity index (χ0n) is 16.4. The molecular weight excluding hydrogens is 390 g/mol. The normalized spacial score (nSPS) is 16.5. The molecule has 3 heterocycles. The zero-order valence-corrected chi connectivity index (χ0v) is 17.2. The van der Waals surface area contributed by atoms with Gasteiger partial charge in [-0.25, -0.2) is 0 Å². The summed E-state index contributed by atoms with van der Waals surface area (Å²) in [6.45, 7) is 1.49. The summed E-state index contributed by atoms with van der Waals surface area (Å²) in [5.74, 6) is 1.13. The van der Waals surface area contributed by atoms with Crippen molar-refractivity contribution in [1.82, 2.24) is 14.8 Å². The first-order chi connectivity index (χ1) is 14.2. The van der Waals surface area contributed by atoms with E-state index in [0.717, 1.165) is 29.6 Å². The van der Waals surface area contributed by atoms with Gasteiger partial charge in [0.25, 0.3) is 0 Å². The summed E-state index contributed by atoms with van der Waals surface area (Å²) >= 11 is 1.53. The molecule has 1 aliphatic rings. The fourth-order valence-corrected chi connectivity index (χ4v) is 4.24. The van der Waals surface area contributed by atoms with Crippen molar-refractivity contribution in [3.05, 3.63) is 42.7 Å². The van der Waals surface area contributed by atoms with E-state index in [-0.39, 0.29) is 11.8 Å². The van der Waals surface area contributed by atoms with Crippen LogP contribution in [0.2, 0.25) is 0 Å². The van der Waals surface area contributed by atoms with Crippen LogP contribution in [-0.2, 0) is 4.79 Å². The second kappa shape index (κ2) is 8.52. The lowest BCUT2D eigenvalue weighted by Gasteiger charge is -2.31. The molecule has 1 amide bonds. The van der Waals surface area contributed by atoms with Crippen LogP contribution in [0.5, 0.6) is 11.5 Å². The number of aromatic nitrogens is 3. The Kier molecular flexibility index (Phi) is 5.66. The molecule has 0 radical (unpaired) electrons. The molecule has 0 saturated carbocycles. The minimum Gasteiger partial charge on any atom is -0.497 e. The lowest BCUT2D eigenvalue weighted by Crippen LogP contribution is -2.40. The summed E-state index contributed by atoms with van der Waals surface area (Å²) in [6.07, 6.45) is 5.66. The number of methoxy groups -OCH3 is 2. The number of hydrogen-bond donors (Lipinski definition) is 1. The largest absolute Gasteiger partial charge is 0.497 e. The van der Waals surface area contributed by atoms with E-state index in [9.17, 15) is 4.79 Å². The van der Waals surface area contributed by atoms with Crippen LogP contribution in [0.4, 0.5) is 10.8 Å². The van der Waals surface area contributed by atoms with Gasteiger partial charge < -0.3 is 19.7 Å². The second-order valence-electron chi connectivity index (χ2n) is 6.83. The summed E-state index contributed by atoms with van der Waals surface area (Å²) in [7, 11) is 3.17. The number of carbonyl (C=O) groups is 1. The molecule has 8 nitrogen and oxygen atoms in total. The molecule has 4 rings (SSSR count). The summed E-state index contributed by atoms with van der Waals surface area (Å²) in [5.41, 5.74) is 0.661. The Bertz CT molecular complexity index is 950. The first-order valence-corrected chi connectivity index (χ1v) is 10.2. The fourth-order valence-electron chi connectivity index (χ4n) is 3.39. The quantitative estimate of drug-likeness (QED) is 0.668. The van der Waals surface area contributed by atoms with Crippen molar-refractivity contribution < 1.29 is 14.3 Å². The van der Waals surface area contributed by atoms with E-state index in [2.05, 4.69) is 20.4 Å². The van der Waals surface area contributed by atoms with Crippen molar-refractivity contribution in [2.75, 3.05) is 37.5 Å². The summed E-state index contributed by atoms with van der Waals surface area (Å²) in [6, 6.07) is 9.26. The summed E-state index contributed by atoms with van der Waals surface area (Å²) < 4.78 is 12.5. The lowest BCUT2D eigenvalue weighted by atomic mass is 9.97. The molecule has 1 saturated heterocycles. The average molecular weight is 414 g/mol. The first kappa shape index (κ1) is 19.3. The van der Waals surface area contributed by atoms with Crippen LogP contribution < -0.4 is 19.7 Å². The van der Waals surface area contributed by atoms with Gasteiger partial charge in [-0.1, -0.05) is 11.3 Å². The third kappa shape index (κ3) is 4.34. The number of benzene rings is 1. The van der Waals surface area contributed by atoms with Crippen molar-refractivity contribution >= 4 is 28.1 Å². The van der Waals surface area contributed by atoms with Gasteiger partial charge in [0.05, 0.1) is 20.1 Å². The minimum absolute atomic E-state index is 0.0137. The van der Waals surface area contributed by atoms with Crippen LogP contribution in [0, 0.1) is 5.92 Å². The highest BCUT2D eigenvalue weighted by molar-refractivity contribution is 7.17. The molecule has 1 fully saturated rings. The van der Waals surface area contributed by atoms with Gasteiger partial charge in [-0.15, -0.1) is 10.2 Å². The SMILES string of the molecule is COc1cc(NC(=O)[C@@H]2CCCN(c3nnc(-n4cccc4)s3)C2)cc(OC)c1.